The van der Waals surface area contributed by atoms with Gasteiger partial charge in [0.15, 0.2) is 5.16 Å². The van der Waals surface area contributed by atoms with Crippen LogP contribution in [0, 0.1) is 6.92 Å². The molecule has 2 N–H and O–H groups in total. The van der Waals surface area contributed by atoms with E-state index in [-0.39, 0.29) is 0 Å². The lowest BCUT2D eigenvalue weighted by atomic mass is 10.2. The van der Waals surface area contributed by atoms with Crippen LogP contribution in [0.15, 0.2) is 39.1 Å². The summed E-state index contributed by atoms with van der Waals surface area (Å²) in [5.74, 6) is 0.586. The predicted octanol–water partition coefficient (Wildman–Crippen LogP) is 3.62. The van der Waals surface area contributed by atoms with Crippen LogP contribution < -0.4 is 5.32 Å². The summed E-state index contributed by atoms with van der Waals surface area (Å²) in [6.07, 6.45) is 1.73. The van der Waals surface area contributed by atoms with Crippen molar-refractivity contribution in [2.24, 2.45) is 0 Å². The first-order valence-corrected chi connectivity index (χ1v) is 7.61. The fraction of sp³-hybridized carbons (Fsp3) is 0.154. The number of aromatic amines is 1. The number of aromatic nitrogens is 4. The SMILES string of the molecule is CNc1ncc(Br)c(Sc2nc3ccc(C)cc3[nH]2)n1. The molecule has 7 heteroatoms. The van der Waals surface area contributed by atoms with Crippen molar-refractivity contribution in [1.82, 2.24) is 19.9 Å². The first kappa shape index (κ1) is 13.4. The van der Waals surface area contributed by atoms with Gasteiger partial charge in [-0.2, -0.15) is 0 Å². The predicted molar refractivity (Wildman–Crippen MR) is 84.2 cm³/mol. The number of hydrogen-bond donors (Lipinski definition) is 2. The van der Waals surface area contributed by atoms with Crippen LogP contribution in [0.5, 0.6) is 0 Å². The maximum atomic E-state index is 4.55. The van der Waals surface area contributed by atoms with E-state index in [1.54, 1.807) is 13.2 Å². The quantitative estimate of drug-likeness (QED) is 0.707. The summed E-state index contributed by atoms with van der Waals surface area (Å²) in [4.78, 5) is 16.4. The number of benzene rings is 1. The highest BCUT2D eigenvalue weighted by molar-refractivity contribution is 9.10. The van der Waals surface area contributed by atoms with Gasteiger partial charge in [-0.05, 0) is 52.3 Å². The Morgan fingerprint density at radius 3 is 2.95 bits per heavy atom. The van der Waals surface area contributed by atoms with E-state index in [2.05, 4.69) is 60.2 Å². The standard InChI is InChI=1S/C13H12BrN5S/c1-7-3-4-9-10(5-7)18-13(17-9)20-11-8(14)6-16-12(15-2)19-11/h3-6H,1-2H3,(H,17,18)(H,15,16,19). The number of nitrogens with one attached hydrogen (secondary N) is 2. The van der Waals surface area contributed by atoms with E-state index in [4.69, 9.17) is 0 Å². The Balaban J connectivity index is 1.96. The number of imidazole rings is 1. The van der Waals surface area contributed by atoms with Crippen LogP contribution in [0.4, 0.5) is 5.95 Å². The van der Waals surface area contributed by atoms with Crippen molar-refractivity contribution in [3.05, 3.63) is 34.4 Å². The van der Waals surface area contributed by atoms with Crippen molar-refractivity contribution in [3.63, 3.8) is 0 Å². The summed E-state index contributed by atoms with van der Waals surface area (Å²) in [6, 6.07) is 6.15. The second kappa shape index (κ2) is 5.41. The third-order valence-electron chi connectivity index (χ3n) is 2.74. The van der Waals surface area contributed by atoms with Crippen molar-refractivity contribution >= 4 is 44.7 Å². The number of H-pyrrole nitrogens is 1. The summed E-state index contributed by atoms with van der Waals surface area (Å²) in [5, 5.41) is 4.56. The first-order valence-electron chi connectivity index (χ1n) is 6.00. The molecule has 2 aromatic heterocycles. The Morgan fingerprint density at radius 2 is 2.15 bits per heavy atom. The van der Waals surface area contributed by atoms with E-state index in [0.29, 0.717) is 5.95 Å². The Kier molecular flexibility index (Phi) is 3.62. The molecule has 0 spiro atoms. The number of aryl methyl sites for hydroxylation is 1. The normalized spacial score (nSPS) is 10.9. The van der Waals surface area contributed by atoms with E-state index in [0.717, 1.165) is 25.7 Å². The molecule has 5 nitrogen and oxygen atoms in total. The highest BCUT2D eigenvalue weighted by Crippen LogP contribution is 2.31. The summed E-state index contributed by atoms with van der Waals surface area (Å²) >= 11 is 4.93. The number of anilines is 1. The van der Waals surface area contributed by atoms with Crippen LogP contribution in [-0.4, -0.2) is 27.0 Å². The molecule has 20 heavy (non-hydrogen) atoms. The van der Waals surface area contributed by atoms with Gasteiger partial charge in [-0.1, -0.05) is 6.07 Å². The Hall–Kier alpha value is -1.60. The van der Waals surface area contributed by atoms with Gasteiger partial charge in [0.2, 0.25) is 5.95 Å². The average Bonchev–Trinajstić information content (AvgIpc) is 2.82. The molecule has 0 saturated heterocycles. The molecule has 0 unspecified atom stereocenters. The van der Waals surface area contributed by atoms with Crippen LogP contribution in [0.3, 0.4) is 0 Å². The number of hydrogen-bond acceptors (Lipinski definition) is 5. The zero-order chi connectivity index (χ0) is 14.1. The fourth-order valence-corrected chi connectivity index (χ4v) is 2.99. The van der Waals surface area contributed by atoms with Gasteiger partial charge in [-0.25, -0.2) is 15.0 Å². The van der Waals surface area contributed by atoms with E-state index < -0.39 is 0 Å². The minimum atomic E-state index is 0.586. The topological polar surface area (TPSA) is 66.5 Å². The minimum absolute atomic E-state index is 0.586. The summed E-state index contributed by atoms with van der Waals surface area (Å²) in [5.41, 5.74) is 3.20. The van der Waals surface area contributed by atoms with Gasteiger partial charge in [0, 0.05) is 13.2 Å². The number of rotatable bonds is 3. The molecule has 0 radical (unpaired) electrons. The molecule has 3 aromatic rings. The van der Waals surface area contributed by atoms with E-state index in [9.17, 15) is 0 Å². The third kappa shape index (κ3) is 2.64. The van der Waals surface area contributed by atoms with Crippen LogP contribution in [0.1, 0.15) is 5.56 Å². The molecule has 0 bridgehead atoms. The molecule has 0 saturated carbocycles. The molecule has 0 aliphatic carbocycles. The highest BCUT2D eigenvalue weighted by Gasteiger charge is 2.10. The maximum Gasteiger partial charge on any atom is 0.223 e. The molecule has 102 valence electrons. The zero-order valence-electron chi connectivity index (χ0n) is 10.9. The molecule has 0 atom stereocenters. The van der Waals surface area contributed by atoms with Crippen LogP contribution in [-0.2, 0) is 0 Å². The van der Waals surface area contributed by atoms with Crippen molar-refractivity contribution in [3.8, 4) is 0 Å². The van der Waals surface area contributed by atoms with Crippen LogP contribution in [0.2, 0.25) is 0 Å². The van der Waals surface area contributed by atoms with Crippen molar-refractivity contribution < 1.29 is 0 Å². The highest BCUT2D eigenvalue weighted by atomic mass is 79.9. The lowest BCUT2D eigenvalue weighted by Gasteiger charge is -2.03. The Labute approximate surface area is 128 Å². The van der Waals surface area contributed by atoms with Gasteiger partial charge in [0.05, 0.1) is 15.5 Å². The number of halogens is 1. The zero-order valence-corrected chi connectivity index (χ0v) is 13.3. The molecular weight excluding hydrogens is 338 g/mol. The minimum Gasteiger partial charge on any atom is -0.357 e. The summed E-state index contributed by atoms with van der Waals surface area (Å²) in [6.45, 7) is 2.06. The largest absolute Gasteiger partial charge is 0.357 e. The molecule has 1 aromatic carbocycles. The van der Waals surface area contributed by atoms with E-state index in [1.165, 1.54) is 17.3 Å². The number of nitrogens with zero attached hydrogens (tertiary/aromatic N) is 3. The van der Waals surface area contributed by atoms with Gasteiger partial charge >= 0.3 is 0 Å². The van der Waals surface area contributed by atoms with Crippen molar-refractivity contribution in [2.75, 3.05) is 12.4 Å². The molecule has 0 aliphatic heterocycles. The third-order valence-corrected chi connectivity index (χ3v) is 4.48. The Morgan fingerprint density at radius 1 is 1.30 bits per heavy atom. The Bertz CT molecular complexity index is 771. The second-order valence-electron chi connectivity index (χ2n) is 4.26. The summed E-state index contributed by atoms with van der Waals surface area (Å²) < 4.78 is 0.845. The molecule has 3 rings (SSSR count). The fourth-order valence-electron chi connectivity index (χ4n) is 1.78. The van der Waals surface area contributed by atoms with E-state index in [1.807, 2.05) is 6.07 Å². The molecule has 0 amide bonds. The second-order valence-corrected chi connectivity index (χ2v) is 6.09. The first-order chi connectivity index (χ1) is 9.65. The lowest BCUT2D eigenvalue weighted by Crippen LogP contribution is -1.97. The molecule has 0 fully saturated rings. The molecule has 0 aliphatic rings. The summed E-state index contributed by atoms with van der Waals surface area (Å²) in [7, 11) is 1.79. The number of fused-ring (bicyclic) bond motifs is 1. The maximum absolute atomic E-state index is 4.55. The van der Waals surface area contributed by atoms with Crippen molar-refractivity contribution in [2.45, 2.75) is 17.1 Å². The van der Waals surface area contributed by atoms with Crippen molar-refractivity contribution in [1.29, 1.82) is 0 Å². The van der Waals surface area contributed by atoms with Gasteiger partial charge in [-0.3, -0.25) is 0 Å². The monoisotopic (exact) mass is 349 g/mol. The molecular formula is C13H12BrN5S. The van der Waals surface area contributed by atoms with Gasteiger partial charge < -0.3 is 10.3 Å². The van der Waals surface area contributed by atoms with Crippen LogP contribution >= 0.6 is 27.7 Å². The smallest absolute Gasteiger partial charge is 0.223 e. The van der Waals surface area contributed by atoms with Gasteiger partial charge in [0.25, 0.3) is 0 Å². The van der Waals surface area contributed by atoms with Crippen LogP contribution in [0.25, 0.3) is 11.0 Å². The average molecular weight is 350 g/mol. The van der Waals surface area contributed by atoms with Gasteiger partial charge in [0.1, 0.15) is 5.03 Å². The van der Waals surface area contributed by atoms with E-state index >= 15 is 0 Å². The van der Waals surface area contributed by atoms with Gasteiger partial charge in [-0.15, -0.1) is 0 Å². The molecule has 2 heterocycles. The lowest BCUT2D eigenvalue weighted by molar-refractivity contribution is 1.01.